The standard InChI is InChI=1S/C17H18N4O3/c1-9-7-12(22)5-6-13(9)17-16(14(8-18-23)21(4)19-17)15-10(2)20-24-11(15)3/h5-8,22-23H,1-4H3. The minimum atomic E-state index is 0.197. The highest BCUT2D eigenvalue weighted by Crippen LogP contribution is 2.39. The van der Waals surface area contributed by atoms with Crippen molar-refractivity contribution in [3.05, 3.63) is 40.9 Å². The van der Waals surface area contributed by atoms with Gasteiger partial charge in [-0.25, -0.2) is 0 Å². The highest BCUT2D eigenvalue weighted by molar-refractivity contribution is 5.96. The summed E-state index contributed by atoms with van der Waals surface area (Å²) in [7, 11) is 1.78. The third-order valence-corrected chi connectivity index (χ3v) is 4.02. The van der Waals surface area contributed by atoms with E-state index in [2.05, 4.69) is 15.4 Å². The molecule has 0 aliphatic carbocycles. The highest BCUT2D eigenvalue weighted by atomic mass is 16.5. The number of phenols is 1. The zero-order valence-electron chi connectivity index (χ0n) is 13.9. The SMILES string of the molecule is Cc1cc(O)ccc1-c1nn(C)c(C=NO)c1-c1c(C)noc1C. The smallest absolute Gasteiger partial charge is 0.141 e. The molecular weight excluding hydrogens is 308 g/mol. The molecule has 2 aromatic heterocycles. The topological polar surface area (TPSA) is 96.7 Å². The van der Waals surface area contributed by atoms with Crippen LogP contribution in [0.15, 0.2) is 27.9 Å². The molecule has 0 fully saturated rings. The molecule has 0 saturated carbocycles. The van der Waals surface area contributed by atoms with Gasteiger partial charge in [-0.3, -0.25) is 4.68 Å². The zero-order valence-corrected chi connectivity index (χ0v) is 13.9. The van der Waals surface area contributed by atoms with Crippen LogP contribution in [0.3, 0.4) is 0 Å². The van der Waals surface area contributed by atoms with Gasteiger partial charge in [0.15, 0.2) is 0 Å². The maximum absolute atomic E-state index is 9.67. The van der Waals surface area contributed by atoms with Gasteiger partial charge in [0.05, 0.1) is 23.2 Å². The van der Waals surface area contributed by atoms with Crippen LogP contribution in [0.2, 0.25) is 0 Å². The largest absolute Gasteiger partial charge is 0.508 e. The fourth-order valence-electron chi connectivity index (χ4n) is 2.93. The van der Waals surface area contributed by atoms with E-state index in [-0.39, 0.29) is 5.75 Å². The van der Waals surface area contributed by atoms with Crippen molar-refractivity contribution in [1.29, 1.82) is 0 Å². The first-order valence-corrected chi connectivity index (χ1v) is 7.41. The summed E-state index contributed by atoms with van der Waals surface area (Å²) in [4.78, 5) is 0. The fourth-order valence-corrected chi connectivity index (χ4v) is 2.93. The van der Waals surface area contributed by atoms with E-state index in [1.165, 1.54) is 6.21 Å². The number of phenolic OH excluding ortho intramolecular Hbond substituents is 1. The Balaban J connectivity index is 2.37. The fraction of sp³-hybridized carbons (Fsp3) is 0.235. The van der Waals surface area contributed by atoms with Gasteiger partial charge in [-0.2, -0.15) is 5.10 Å². The molecule has 0 bridgehead atoms. The van der Waals surface area contributed by atoms with Gasteiger partial charge in [0, 0.05) is 18.2 Å². The van der Waals surface area contributed by atoms with E-state index in [0.29, 0.717) is 17.1 Å². The molecule has 2 heterocycles. The van der Waals surface area contributed by atoms with Crippen LogP contribution >= 0.6 is 0 Å². The molecule has 0 atom stereocenters. The molecule has 24 heavy (non-hydrogen) atoms. The Bertz CT molecular complexity index is 918. The number of aromatic hydroxyl groups is 1. The number of benzene rings is 1. The van der Waals surface area contributed by atoms with Gasteiger partial charge in [-0.05, 0) is 44.5 Å². The van der Waals surface area contributed by atoms with Crippen LogP contribution in [-0.4, -0.2) is 31.5 Å². The summed E-state index contributed by atoms with van der Waals surface area (Å²) >= 11 is 0. The molecule has 7 heteroatoms. The molecule has 3 rings (SSSR count). The first-order valence-electron chi connectivity index (χ1n) is 7.41. The zero-order chi connectivity index (χ0) is 17.4. The van der Waals surface area contributed by atoms with Crippen LogP contribution in [0.4, 0.5) is 0 Å². The normalized spacial score (nSPS) is 11.5. The van der Waals surface area contributed by atoms with Gasteiger partial charge >= 0.3 is 0 Å². The van der Waals surface area contributed by atoms with Crippen LogP contribution < -0.4 is 0 Å². The summed E-state index contributed by atoms with van der Waals surface area (Å²) in [5.74, 6) is 0.856. The van der Waals surface area contributed by atoms with E-state index >= 15 is 0 Å². The number of hydrogen-bond acceptors (Lipinski definition) is 6. The Labute approximate surface area is 138 Å². The second-order valence-electron chi connectivity index (χ2n) is 5.68. The minimum Gasteiger partial charge on any atom is -0.508 e. The number of nitrogens with zero attached hydrogens (tertiary/aromatic N) is 4. The average Bonchev–Trinajstić information content (AvgIpc) is 3.00. The Hall–Kier alpha value is -3.09. The summed E-state index contributed by atoms with van der Waals surface area (Å²) in [5.41, 5.74) is 5.42. The maximum atomic E-state index is 9.67. The summed E-state index contributed by atoms with van der Waals surface area (Å²) in [6, 6.07) is 5.11. The number of hydrogen-bond donors (Lipinski definition) is 2. The van der Waals surface area contributed by atoms with Crippen molar-refractivity contribution in [2.45, 2.75) is 20.8 Å². The monoisotopic (exact) mass is 326 g/mol. The van der Waals surface area contributed by atoms with Crippen molar-refractivity contribution < 1.29 is 14.8 Å². The molecule has 0 unspecified atom stereocenters. The second-order valence-corrected chi connectivity index (χ2v) is 5.68. The third kappa shape index (κ3) is 2.44. The molecule has 3 aromatic rings. The molecule has 0 aliphatic heterocycles. The molecule has 7 nitrogen and oxygen atoms in total. The first kappa shape index (κ1) is 15.8. The molecule has 0 saturated heterocycles. The highest BCUT2D eigenvalue weighted by Gasteiger charge is 2.24. The average molecular weight is 326 g/mol. The quantitative estimate of drug-likeness (QED) is 0.438. The van der Waals surface area contributed by atoms with Crippen molar-refractivity contribution in [1.82, 2.24) is 14.9 Å². The van der Waals surface area contributed by atoms with E-state index in [0.717, 1.165) is 27.9 Å². The van der Waals surface area contributed by atoms with E-state index in [4.69, 9.17) is 9.73 Å². The summed E-state index contributed by atoms with van der Waals surface area (Å²) < 4.78 is 6.94. The van der Waals surface area contributed by atoms with E-state index in [9.17, 15) is 5.11 Å². The van der Waals surface area contributed by atoms with Crippen molar-refractivity contribution in [2.24, 2.45) is 12.2 Å². The number of rotatable bonds is 3. The van der Waals surface area contributed by atoms with Crippen LogP contribution in [0.5, 0.6) is 5.75 Å². The van der Waals surface area contributed by atoms with Gasteiger partial charge in [0.25, 0.3) is 0 Å². The van der Waals surface area contributed by atoms with Crippen LogP contribution in [0.25, 0.3) is 22.4 Å². The molecule has 124 valence electrons. The van der Waals surface area contributed by atoms with Crippen molar-refractivity contribution >= 4 is 6.21 Å². The molecule has 0 aliphatic rings. The summed E-state index contributed by atoms with van der Waals surface area (Å²) in [6.45, 7) is 5.59. The van der Waals surface area contributed by atoms with Gasteiger partial charge in [-0.15, -0.1) is 0 Å². The third-order valence-electron chi connectivity index (χ3n) is 4.02. The number of aryl methyl sites for hydroxylation is 4. The van der Waals surface area contributed by atoms with Crippen molar-refractivity contribution in [3.8, 4) is 28.1 Å². The van der Waals surface area contributed by atoms with Gasteiger partial charge < -0.3 is 14.8 Å². The second kappa shape index (κ2) is 5.84. The van der Waals surface area contributed by atoms with E-state index in [1.54, 1.807) is 23.9 Å². The van der Waals surface area contributed by atoms with E-state index in [1.807, 2.05) is 26.8 Å². The van der Waals surface area contributed by atoms with E-state index < -0.39 is 0 Å². The predicted octanol–water partition coefficient (Wildman–Crippen LogP) is 3.18. The van der Waals surface area contributed by atoms with Gasteiger partial charge in [-0.1, -0.05) is 10.3 Å². The molecule has 0 spiro atoms. The Morgan fingerprint density at radius 3 is 2.54 bits per heavy atom. The number of oxime groups is 1. The predicted molar refractivity (Wildman–Crippen MR) is 89.4 cm³/mol. The maximum Gasteiger partial charge on any atom is 0.141 e. The molecule has 0 amide bonds. The lowest BCUT2D eigenvalue weighted by Crippen LogP contribution is -1.98. The molecule has 0 radical (unpaired) electrons. The lowest BCUT2D eigenvalue weighted by molar-refractivity contribution is 0.321. The lowest BCUT2D eigenvalue weighted by atomic mass is 9.95. The molecular formula is C17H18N4O3. The molecule has 1 aromatic carbocycles. The summed E-state index contributed by atoms with van der Waals surface area (Å²) in [5, 5.41) is 30.5. The first-order chi connectivity index (χ1) is 11.4. The number of aromatic nitrogens is 3. The minimum absolute atomic E-state index is 0.197. The van der Waals surface area contributed by atoms with Crippen LogP contribution in [0, 0.1) is 20.8 Å². The van der Waals surface area contributed by atoms with Crippen molar-refractivity contribution in [3.63, 3.8) is 0 Å². The lowest BCUT2D eigenvalue weighted by Gasteiger charge is -2.07. The van der Waals surface area contributed by atoms with Crippen LogP contribution in [0.1, 0.15) is 22.7 Å². The Morgan fingerprint density at radius 1 is 1.21 bits per heavy atom. The Morgan fingerprint density at radius 2 is 1.96 bits per heavy atom. The van der Waals surface area contributed by atoms with Gasteiger partial charge in [0.2, 0.25) is 0 Å². The van der Waals surface area contributed by atoms with Crippen LogP contribution in [-0.2, 0) is 7.05 Å². The summed E-state index contributed by atoms with van der Waals surface area (Å²) in [6.07, 6.45) is 1.34. The van der Waals surface area contributed by atoms with Crippen molar-refractivity contribution in [2.75, 3.05) is 0 Å². The van der Waals surface area contributed by atoms with Gasteiger partial charge in [0.1, 0.15) is 17.2 Å². The molecule has 2 N–H and O–H groups in total. The Kier molecular flexibility index (Phi) is 3.84.